The van der Waals surface area contributed by atoms with Crippen molar-refractivity contribution in [1.82, 2.24) is 14.7 Å². The van der Waals surface area contributed by atoms with E-state index in [9.17, 15) is 19.6 Å². The summed E-state index contributed by atoms with van der Waals surface area (Å²) in [5, 5.41) is 9.32. The quantitative estimate of drug-likeness (QED) is 0.628. The number of carbonyl (C=O) groups excluding carboxylic acids is 3. The highest BCUT2D eigenvalue weighted by Crippen LogP contribution is 2.28. The zero-order valence-electron chi connectivity index (χ0n) is 20.0. The standard InChI is InChI=1S/C23H36N4O6/c1-23(2,3)33-22(30)27(16-20(28)26-10-4-5-18(26)15-24)17-6-8-19(9-7-17)32-21(29)25-11-13-31-14-12-25/h17-19H,4-14,16H2,1-3H3/t17-,18-,19-/m0/s1. The lowest BCUT2D eigenvalue weighted by Crippen LogP contribution is -2.51. The molecule has 2 saturated heterocycles. The molecule has 0 radical (unpaired) electrons. The molecule has 0 bridgehead atoms. The summed E-state index contributed by atoms with van der Waals surface area (Å²) >= 11 is 0. The molecule has 0 spiro atoms. The van der Waals surface area contributed by atoms with Gasteiger partial charge in [0.1, 0.15) is 24.3 Å². The van der Waals surface area contributed by atoms with Crippen molar-refractivity contribution in [3.05, 3.63) is 0 Å². The second kappa shape index (κ2) is 11.1. The largest absolute Gasteiger partial charge is 0.446 e. The molecule has 3 rings (SSSR count). The maximum atomic E-state index is 13.0. The van der Waals surface area contributed by atoms with Gasteiger partial charge in [-0.05, 0) is 59.3 Å². The summed E-state index contributed by atoms with van der Waals surface area (Å²) in [4.78, 5) is 43.1. The molecule has 2 aliphatic heterocycles. The van der Waals surface area contributed by atoms with Crippen LogP contribution in [0.25, 0.3) is 0 Å². The summed E-state index contributed by atoms with van der Waals surface area (Å²) in [5.74, 6) is -0.231. The number of ether oxygens (including phenoxy) is 3. The molecule has 10 heteroatoms. The van der Waals surface area contributed by atoms with Gasteiger partial charge in [-0.15, -0.1) is 0 Å². The van der Waals surface area contributed by atoms with Crippen molar-refractivity contribution >= 4 is 18.1 Å². The predicted molar refractivity (Wildman–Crippen MR) is 118 cm³/mol. The van der Waals surface area contributed by atoms with Crippen LogP contribution in [0.1, 0.15) is 59.3 Å². The molecular weight excluding hydrogens is 428 g/mol. The summed E-state index contributed by atoms with van der Waals surface area (Å²) in [6.07, 6.45) is 2.82. The lowest BCUT2D eigenvalue weighted by atomic mass is 9.92. The predicted octanol–water partition coefficient (Wildman–Crippen LogP) is 2.52. The van der Waals surface area contributed by atoms with Crippen molar-refractivity contribution in [3.8, 4) is 6.07 Å². The highest BCUT2D eigenvalue weighted by Gasteiger charge is 2.37. The number of nitriles is 1. The molecule has 10 nitrogen and oxygen atoms in total. The van der Waals surface area contributed by atoms with Crippen LogP contribution in [0.4, 0.5) is 9.59 Å². The topological polar surface area (TPSA) is 112 Å². The number of hydrogen-bond donors (Lipinski definition) is 0. The van der Waals surface area contributed by atoms with E-state index in [0.29, 0.717) is 65.0 Å². The molecule has 33 heavy (non-hydrogen) atoms. The summed E-state index contributed by atoms with van der Waals surface area (Å²) in [6.45, 7) is 7.89. The lowest BCUT2D eigenvalue weighted by Gasteiger charge is -2.38. The van der Waals surface area contributed by atoms with E-state index in [1.54, 1.807) is 30.6 Å². The summed E-state index contributed by atoms with van der Waals surface area (Å²) in [5.41, 5.74) is -0.688. The SMILES string of the molecule is CC(C)(C)OC(=O)N(CC(=O)N1CCC[C@H]1C#N)[C@H]1CC[C@H](OC(=O)N2CCOCC2)CC1. The van der Waals surface area contributed by atoms with E-state index in [0.717, 1.165) is 6.42 Å². The Morgan fingerprint density at radius 3 is 2.33 bits per heavy atom. The van der Waals surface area contributed by atoms with Crippen molar-refractivity contribution in [3.63, 3.8) is 0 Å². The number of nitrogens with zero attached hydrogens (tertiary/aromatic N) is 4. The van der Waals surface area contributed by atoms with E-state index in [1.807, 2.05) is 0 Å². The van der Waals surface area contributed by atoms with Gasteiger partial charge in [0.25, 0.3) is 0 Å². The first-order valence-corrected chi connectivity index (χ1v) is 11.9. The molecule has 0 aromatic rings. The zero-order chi connectivity index (χ0) is 24.0. The first-order chi connectivity index (χ1) is 15.7. The average molecular weight is 465 g/mol. The number of morpholine rings is 1. The first kappa shape index (κ1) is 25.1. The van der Waals surface area contributed by atoms with Crippen LogP contribution in [0.5, 0.6) is 0 Å². The fourth-order valence-electron chi connectivity index (χ4n) is 4.54. The van der Waals surface area contributed by atoms with Crippen LogP contribution in [0, 0.1) is 11.3 Å². The molecule has 1 atom stereocenters. The van der Waals surface area contributed by atoms with Gasteiger partial charge in [-0.3, -0.25) is 9.69 Å². The Hall–Kier alpha value is -2.54. The third kappa shape index (κ3) is 6.97. The molecular formula is C23H36N4O6. The number of hydrogen-bond acceptors (Lipinski definition) is 7. The van der Waals surface area contributed by atoms with Gasteiger partial charge in [0.05, 0.1) is 19.3 Å². The van der Waals surface area contributed by atoms with Crippen molar-refractivity contribution < 1.29 is 28.6 Å². The lowest BCUT2D eigenvalue weighted by molar-refractivity contribution is -0.133. The van der Waals surface area contributed by atoms with Gasteiger partial charge in [-0.25, -0.2) is 9.59 Å². The molecule has 0 aromatic carbocycles. The Morgan fingerprint density at radius 1 is 1.06 bits per heavy atom. The smallest absolute Gasteiger partial charge is 0.411 e. The van der Waals surface area contributed by atoms with Gasteiger partial charge < -0.3 is 24.0 Å². The van der Waals surface area contributed by atoms with Gasteiger partial charge >= 0.3 is 12.2 Å². The second-order valence-corrected chi connectivity index (χ2v) is 9.90. The molecule has 2 heterocycles. The minimum Gasteiger partial charge on any atom is -0.446 e. The van der Waals surface area contributed by atoms with Crippen LogP contribution >= 0.6 is 0 Å². The van der Waals surface area contributed by atoms with E-state index >= 15 is 0 Å². The molecule has 1 saturated carbocycles. The summed E-state index contributed by atoms with van der Waals surface area (Å²) in [6, 6.07) is 1.55. The first-order valence-electron chi connectivity index (χ1n) is 11.9. The molecule has 1 aliphatic carbocycles. The summed E-state index contributed by atoms with van der Waals surface area (Å²) in [7, 11) is 0. The van der Waals surface area contributed by atoms with Gasteiger partial charge in [-0.1, -0.05) is 0 Å². The van der Waals surface area contributed by atoms with Crippen molar-refractivity contribution in [1.29, 1.82) is 5.26 Å². The Balaban J connectivity index is 1.59. The van der Waals surface area contributed by atoms with Crippen molar-refractivity contribution in [2.45, 2.75) is 83.1 Å². The van der Waals surface area contributed by atoms with E-state index in [-0.39, 0.29) is 30.7 Å². The van der Waals surface area contributed by atoms with E-state index in [1.165, 1.54) is 4.90 Å². The molecule has 3 fully saturated rings. The van der Waals surface area contributed by atoms with Crippen LogP contribution in [0.15, 0.2) is 0 Å². The van der Waals surface area contributed by atoms with Crippen LogP contribution in [0.2, 0.25) is 0 Å². The number of amides is 3. The minimum absolute atomic E-state index is 0.115. The van der Waals surface area contributed by atoms with E-state index < -0.39 is 17.7 Å². The number of carbonyl (C=O) groups is 3. The normalized spacial score (nSPS) is 25.8. The Kier molecular flexibility index (Phi) is 8.40. The Morgan fingerprint density at radius 2 is 1.73 bits per heavy atom. The van der Waals surface area contributed by atoms with Gasteiger partial charge in [0, 0.05) is 25.7 Å². The Bertz CT molecular complexity index is 747. The molecule has 184 valence electrons. The van der Waals surface area contributed by atoms with Crippen molar-refractivity contribution in [2.75, 3.05) is 39.4 Å². The maximum absolute atomic E-state index is 13.0. The highest BCUT2D eigenvalue weighted by atomic mass is 16.6. The minimum atomic E-state index is -0.688. The third-order valence-electron chi connectivity index (χ3n) is 6.28. The number of rotatable bonds is 4. The zero-order valence-corrected chi connectivity index (χ0v) is 20.0. The molecule has 0 aromatic heterocycles. The van der Waals surface area contributed by atoms with Gasteiger partial charge in [0.2, 0.25) is 5.91 Å². The van der Waals surface area contributed by atoms with Gasteiger partial charge in [0.15, 0.2) is 0 Å². The molecule has 3 amide bonds. The number of likely N-dealkylation sites (tertiary alicyclic amines) is 1. The molecule has 3 aliphatic rings. The van der Waals surface area contributed by atoms with E-state index in [2.05, 4.69) is 6.07 Å². The van der Waals surface area contributed by atoms with Crippen molar-refractivity contribution in [2.24, 2.45) is 0 Å². The fourth-order valence-corrected chi connectivity index (χ4v) is 4.54. The highest BCUT2D eigenvalue weighted by molar-refractivity contribution is 5.83. The van der Waals surface area contributed by atoms with Gasteiger partial charge in [-0.2, -0.15) is 5.26 Å². The maximum Gasteiger partial charge on any atom is 0.411 e. The second-order valence-electron chi connectivity index (χ2n) is 9.90. The van der Waals surface area contributed by atoms with Crippen LogP contribution < -0.4 is 0 Å². The fraction of sp³-hybridized carbons (Fsp3) is 0.826. The Labute approximate surface area is 195 Å². The average Bonchev–Trinajstić information content (AvgIpc) is 3.26. The summed E-state index contributed by atoms with van der Waals surface area (Å²) < 4.78 is 16.5. The molecule has 0 N–H and O–H groups in total. The molecule has 0 unspecified atom stereocenters. The van der Waals surface area contributed by atoms with Crippen LogP contribution in [-0.4, -0.2) is 96.0 Å². The van der Waals surface area contributed by atoms with Crippen LogP contribution in [-0.2, 0) is 19.0 Å². The monoisotopic (exact) mass is 464 g/mol. The van der Waals surface area contributed by atoms with E-state index in [4.69, 9.17) is 14.2 Å². The third-order valence-corrected chi connectivity index (χ3v) is 6.28. The van der Waals surface area contributed by atoms with Crippen LogP contribution in [0.3, 0.4) is 0 Å².